The maximum absolute atomic E-state index is 12.9. The van der Waals surface area contributed by atoms with Gasteiger partial charge in [0.1, 0.15) is 29.6 Å². The zero-order valence-electron chi connectivity index (χ0n) is 16.7. The third kappa shape index (κ3) is 5.06. The van der Waals surface area contributed by atoms with E-state index in [1.807, 2.05) is 42.5 Å². The van der Waals surface area contributed by atoms with Crippen molar-refractivity contribution >= 4 is 11.6 Å². The smallest absolute Gasteiger partial charge is 0.241 e. The van der Waals surface area contributed by atoms with Crippen LogP contribution in [0.25, 0.3) is 0 Å². The Balaban J connectivity index is 1.37. The number of piperidine rings is 1. The Kier molecular flexibility index (Phi) is 6.41. The second kappa shape index (κ2) is 9.56. The number of carbonyl (C=O) groups is 1. The summed E-state index contributed by atoms with van der Waals surface area (Å²) in [5, 5.41) is 12.2. The van der Waals surface area contributed by atoms with E-state index in [0.29, 0.717) is 23.8 Å². The van der Waals surface area contributed by atoms with E-state index in [9.17, 15) is 9.90 Å². The highest BCUT2D eigenvalue weighted by Gasteiger charge is 2.29. The van der Waals surface area contributed by atoms with Crippen molar-refractivity contribution in [2.75, 3.05) is 11.9 Å². The minimum atomic E-state index is -0.215. The standard InChI is InChI=1S/C23H25N3O4/c27-16-21-11-10-20(30-21)15-26-13-2-1-5-22(26)23(28)25-17-6-8-18(9-7-17)29-19-4-3-12-24-14-19/h3-4,6-12,14,22,27H,1-2,5,13,15-16H2,(H,25,28)/t22-/m0/s1. The highest BCUT2D eigenvalue weighted by Crippen LogP contribution is 2.24. The Morgan fingerprint density at radius 3 is 2.70 bits per heavy atom. The number of aliphatic hydroxyl groups excluding tert-OH is 1. The van der Waals surface area contributed by atoms with Gasteiger partial charge in [-0.25, -0.2) is 0 Å². The van der Waals surface area contributed by atoms with Crippen molar-refractivity contribution < 1.29 is 19.1 Å². The molecule has 4 rings (SSSR count). The predicted octanol–water partition coefficient (Wildman–Crippen LogP) is 3.95. The molecule has 1 amide bonds. The van der Waals surface area contributed by atoms with Gasteiger partial charge >= 0.3 is 0 Å². The van der Waals surface area contributed by atoms with Crippen LogP contribution in [0.2, 0.25) is 0 Å². The number of nitrogens with one attached hydrogen (secondary N) is 1. The Bertz CT molecular complexity index is 956. The fourth-order valence-electron chi connectivity index (χ4n) is 3.65. The normalized spacial score (nSPS) is 16.9. The van der Waals surface area contributed by atoms with Crippen LogP contribution in [0, 0.1) is 0 Å². The fourth-order valence-corrected chi connectivity index (χ4v) is 3.65. The molecule has 1 atom stereocenters. The van der Waals surface area contributed by atoms with Gasteiger partial charge in [0, 0.05) is 11.9 Å². The number of likely N-dealkylation sites (tertiary alicyclic amines) is 1. The average Bonchev–Trinajstić information content (AvgIpc) is 3.24. The molecule has 1 aliphatic heterocycles. The second-order valence-electron chi connectivity index (χ2n) is 7.31. The third-order valence-electron chi connectivity index (χ3n) is 5.14. The van der Waals surface area contributed by atoms with Crippen LogP contribution in [0.4, 0.5) is 5.69 Å². The van der Waals surface area contributed by atoms with Gasteiger partial charge in [0.2, 0.25) is 5.91 Å². The lowest BCUT2D eigenvalue weighted by molar-refractivity contribution is -0.122. The second-order valence-corrected chi connectivity index (χ2v) is 7.31. The first kappa shape index (κ1) is 20.1. The summed E-state index contributed by atoms with van der Waals surface area (Å²) in [6, 6.07) is 14.4. The molecule has 156 valence electrons. The SMILES string of the molecule is O=C(Nc1ccc(Oc2cccnc2)cc1)[C@@H]1CCCCN1Cc1ccc(CO)o1. The molecule has 0 radical (unpaired) electrons. The first-order valence-corrected chi connectivity index (χ1v) is 10.1. The van der Waals surface area contributed by atoms with Crippen LogP contribution in [0.5, 0.6) is 11.5 Å². The van der Waals surface area contributed by atoms with Gasteiger partial charge in [-0.3, -0.25) is 14.7 Å². The molecule has 7 nitrogen and oxygen atoms in total. The maximum atomic E-state index is 12.9. The summed E-state index contributed by atoms with van der Waals surface area (Å²) in [5.41, 5.74) is 0.727. The molecule has 2 N–H and O–H groups in total. The highest BCUT2D eigenvalue weighted by atomic mass is 16.5. The summed E-state index contributed by atoms with van der Waals surface area (Å²) in [7, 11) is 0. The lowest BCUT2D eigenvalue weighted by Crippen LogP contribution is -2.46. The molecule has 0 spiro atoms. The molecule has 0 unspecified atom stereocenters. The summed E-state index contributed by atoms with van der Waals surface area (Å²) in [4.78, 5) is 19.1. The van der Waals surface area contributed by atoms with Gasteiger partial charge in [-0.05, 0) is 67.9 Å². The number of aromatic nitrogens is 1. The van der Waals surface area contributed by atoms with Crippen molar-refractivity contribution in [3.8, 4) is 11.5 Å². The summed E-state index contributed by atoms with van der Waals surface area (Å²) < 4.78 is 11.3. The lowest BCUT2D eigenvalue weighted by Gasteiger charge is -2.34. The zero-order valence-corrected chi connectivity index (χ0v) is 16.7. The quantitative estimate of drug-likeness (QED) is 0.617. The molecular formula is C23H25N3O4. The van der Waals surface area contributed by atoms with E-state index in [-0.39, 0.29) is 18.6 Å². The van der Waals surface area contributed by atoms with Crippen molar-refractivity contribution in [3.63, 3.8) is 0 Å². The molecule has 0 saturated carbocycles. The van der Waals surface area contributed by atoms with Gasteiger partial charge in [-0.15, -0.1) is 0 Å². The minimum Gasteiger partial charge on any atom is -0.462 e. The van der Waals surface area contributed by atoms with E-state index >= 15 is 0 Å². The fraction of sp³-hybridized carbons (Fsp3) is 0.304. The number of amides is 1. The van der Waals surface area contributed by atoms with Crippen LogP contribution in [0.1, 0.15) is 30.8 Å². The largest absolute Gasteiger partial charge is 0.462 e. The first-order valence-electron chi connectivity index (χ1n) is 10.1. The Morgan fingerprint density at radius 2 is 1.97 bits per heavy atom. The van der Waals surface area contributed by atoms with Gasteiger partial charge < -0.3 is 19.6 Å². The summed E-state index contributed by atoms with van der Waals surface area (Å²) in [6.45, 7) is 1.27. The average molecular weight is 407 g/mol. The first-order chi connectivity index (χ1) is 14.7. The number of benzene rings is 1. The summed E-state index contributed by atoms with van der Waals surface area (Å²) in [5.74, 6) is 2.61. The Labute approximate surface area is 175 Å². The number of ether oxygens (including phenoxy) is 1. The van der Waals surface area contributed by atoms with Crippen LogP contribution >= 0.6 is 0 Å². The predicted molar refractivity (Wildman–Crippen MR) is 112 cm³/mol. The topological polar surface area (TPSA) is 87.8 Å². The Hall–Kier alpha value is -3.16. The van der Waals surface area contributed by atoms with E-state index in [0.717, 1.165) is 37.3 Å². The van der Waals surface area contributed by atoms with Crippen molar-refractivity contribution in [1.29, 1.82) is 0 Å². The molecule has 1 aromatic carbocycles. The van der Waals surface area contributed by atoms with Crippen molar-refractivity contribution in [2.24, 2.45) is 0 Å². The van der Waals surface area contributed by atoms with E-state index in [1.165, 1.54) is 0 Å². The van der Waals surface area contributed by atoms with E-state index in [1.54, 1.807) is 18.5 Å². The molecule has 3 heterocycles. The van der Waals surface area contributed by atoms with Crippen LogP contribution in [0.3, 0.4) is 0 Å². The number of furan rings is 1. The molecule has 1 saturated heterocycles. The number of carbonyl (C=O) groups excluding carboxylic acids is 1. The molecule has 1 aliphatic rings. The van der Waals surface area contributed by atoms with Crippen LogP contribution in [-0.4, -0.2) is 33.5 Å². The molecule has 0 aliphatic carbocycles. The Morgan fingerprint density at radius 1 is 1.13 bits per heavy atom. The number of rotatable bonds is 7. The van der Waals surface area contributed by atoms with Gasteiger partial charge in [0.05, 0.1) is 18.8 Å². The number of pyridine rings is 1. The maximum Gasteiger partial charge on any atom is 0.241 e. The van der Waals surface area contributed by atoms with E-state index in [2.05, 4.69) is 15.2 Å². The van der Waals surface area contributed by atoms with Crippen LogP contribution < -0.4 is 10.1 Å². The molecule has 7 heteroatoms. The monoisotopic (exact) mass is 407 g/mol. The zero-order chi connectivity index (χ0) is 20.8. The van der Waals surface area contributed by atoms with Crippen molar-refractivity contribution in [3.05, 3.63) is 72.4 Å². The minimum absolute atomic E-state index is 0.0236. The van der Waals surface area contributed by atoms with Crippen LogP contribution in [-0.2, 0) is 17.9 Å². The third-order valence-corrected chi connectivity index (χ3v) is 5.14. The molecular weight excluding hydrogens is 382 g/mol. The number of aliphatic hydroxyl groups is 1. The number of anilines is 1. The molecule has 3 aromatic rings. The van der Waals surface area contributed by atoms with Gasteiger partial charge in [-0.2, -0.15) is 0 Å². The molecule has 30 heavy (non-hydrogen) atoms. The summed E-state index contributed by atoms with van der Waals surface area (Å²) in [6.07, 6.45) is 6.22. The van der Waals surface area contributed by atoms with Gasteiger partial charge in [0.25, 0.3) is 0 Å². The van der Waals surface area contributed by atoms with Crippen LogP contribution in [0.15, 0.2) is 65.3 Å². The van der Waals surface area contributed by atoms with Crippen molar-refractivity contribution in [1.82, 2.24) is 9.88 Å². The number of nitrogens with zero attached hydrogens (tertiary/aromatic N) is 2. The van der Waals surface area contributed by atoms with Gasteiger partial charge in [0.15, 0.2) is 0 Å². The van der Waals surface area contributed by atoms with Gasteiger partial charge in [-0.1, -0.05) is 6.42 Å². The molecule has 0 bridgehead atoms. The van der Waals surface area contributed by atoms with E-state index < -0.39 is 0 Å². The number of hydrogen-bond acceptors (Lipinski definition) is 6. The highest BCUT2D eigenvalue weighted by molar-refractivity contribution is 5.94. The molecule has 1 fully saturated rings. The summed E-state index contributed by atoms with van der Waals surface area (Å²) >= 11 is 0. The van der Waals surface area contributed by atoms with Crippen molar-refractivity contribution in [2.45, 2.75) is 38.5 Å². The van der Waals surface area contributed by atoms with E-state index in [4.69, 9.17) is 9.15 Å². The molecule has 2 aromatic heterocycles. The number of hydrogen-bond donors (Lipinski definition) is 2. The lowest BCUT2D eigenvalue weighted by atomic mass is 10.0.